The normalized spacial score (nSPS) is 10.0. The Morgan fingerprint density at radius 1 is 1.26 bits per heavy atom. The van der Waals surface area contributed by atoms with Crippen LogP contribution in [-0.4, -0.2) is 4.98 Å². The van der Waals surface area contributed by atoms with Crippen molar-refractivity contribution in [3.8, 4) is 6.07 Å². The smallest absolute Gasteiger partial charge is 0.132 e. The number of rotatable bonds is 3. The van der Waals surface area contributed by atoms with Crippen molar-refractivity contribution in [2.75, 3.05) is 5.32 Å². The van der Waals surface area contributed by atoms with Gasteiger partial charge in [0.15, 0.2) is 0 Å². The van der Waals surface area contributed by atoms with Crippen molar-refractivity contribution >= 4 is 17.4 Å². The molecule has 0 radical (unpaired) electrons. The van der Waals surface area contributed by atoms with E-state index in [9.17, 15) is 8.78 Å². The third kappa shape index (κ3) is 3.18. The Morgan fingerprint density at radius 2 is 1.95 bits per heavy atom. The van der Waals surface area contributed by atoms with Gasteiger partial charge in [-0.15, -0.1) is 0 Å². The van der Waals surface area contributed by atoms with E-state index in [0.717, 1.165) is 12.1 Å². The number of anilines is 1. The fraction of sp³-hybridized carbons (Fsp3) is 0.0769. The molecule has 0 bridgehead atoms. The third-order valence-electron chi connectivity index (χ3n) is 2.43. The summed E-state index contributed by atoms with van der Waals surface area (Å²) in [5.41, 5.74) is -0.208. The first-order valence-electron chi connectivity index (χ1n) is 5.34. The third-order valence-corrected chi connectivity index (χ3v) is 2.64. The zero-order valence-corrected chi connectivity index (χ0v) is 10.4. The lowest BCUT2D eigenvalue weighted by Crippen LogP contribution is -2.06. The molecule has 1 aromatic carbocycles. The zero-order valence-electron chi connectivity index (χ0n) is 9.62. The Bertz CT molecular complexity index is 630. The Balaban J connectivity index is 2.18. The molecule has 0 amide bonds. The second-order valence-electron chi connectivity index (χ2n) is 3.73. The topological polar surface area (TPSA) is 48.7 Å². The summed E-state index contributed by atoms with van der Waals surface area (Å²) in [4.78, 5) is 3.94. The minimum absolute atomic E-state index is 0.0559. The number of nitriles is 1. The Hall–Kier alpha value is -2.19. The highest BCUT2D eigenvalue weighted by atomic mass is 35.5. The lowest BCUT2D eigenvalue weighted by atomic mass is 10.1. The van der Waals surface area contributed by atoms with Gasteiger partial charge in [0.2, 0.25) is 0 Å². The number of benzene rings is 1. The van der Waals surface area contributed by atoms with Gasteiger partial charge in [-0.05, 0) is 24.3 Å². The summed E-state index contributed by atoms with van der Waals surface area (Å²) in [6.45, 7) is -0.0866. The summed E-state index contributed by atoms with van der Waals surface area (Å²) >= 11 is 5.69. The standard InChI is InChI=1S/C13H8ClF2N3/c14-12-2-1-3-13(19-12)18-7-9-10(15)4-8(6-17)5-11(9)16/h1-5H,7H2,(H,18,19). The molecule has 0 aliphatic rings. The fourth-order valence-electron chi connectivity index (χ4n) is 1.52. The van der Waals surface area contributed by atoms with Gasteiger partial charge in [-0.25, -0.2) is 13.8 Å². The summed E-state index contributed by atoms with van der Waals surface area (Å²) in [6.07, 6.45) is 0. The lowest BCUT2D eigenvalue weighted by Gasteiger charge is -2.08. The van der Waals surface area contributed by atoms with Gasteiger partial charge in [-0.1, -0.05) is 17.7 Å². The quantitative estimate of drug-likeness (QED) is 0.875. The van der Waals surface area contributed by atoms with Crippen LogP contribution in [-0.2, 0) is 6.54 Å². The van der Waals surface area contributed by atoms with Gasteiger partial charge in [0.05, 0.1) is 11.6 Å². The van der Waals surface area contributed by atoms with E-state index in [-0.39, 0.29) is 22.8 Å². The second-order valence-corrected chi connectivity index (χ2v) is 4.12. The molecule has 2 rings (SSSR count). The molecule has 0 aliphatic heterocycles. The van der Waals surface area contributed by atoms with E-state index >= 15 is 0 Å². The molecular weight excluding hydrogens is 272 g/mol. The molecule has 19 heavy (non-hydrogen) atoms. The SMILES string of the molecule is N#Cc1cc(F)c(CNc2cccc(Cl)n2)c(F)c1. The van der Waals surface area contributed by atoms with Crippen LogP contribution >= 0.6 is 11.6 Å². The highest BCUT2D eigenvalue weighted by Crippen LogP contribution is 2.17. The van der Waals surface area contributed by atoms with Gasteiger partial charge < -0.3 is 5.32 Å². The maximum Gasteiger partial charge on any atom is 0.132 e. The van der Waals surface area contributed by atoms with Crippen LogP contribution in [0.1, 0.15) is 11.1 Å². The predicted octanol–water partition coefficient (Wildman–Crippen LogP) is 3.50. The van der Waals surface area contributed by atoms with Gasteiger partial charge >= 0.3 is 0 Å². The highest BCUT2D eigenvalue weighted by molar-refractivity contribution is 6.29. The van der Waals surface area contributed by atoms with Crippen LogP contribution in [0.5, 0.6) is 0 Å². The molecule has 1 aromatic heterocycles. The van der Waals surface area contributed by atoms with Crippen LogP contribution in [0.2, 0.25) is 5.15 Å². The summed E-state index contributed by atoms with van der Waals surface area (Å²) in [6, 6.07) is 8.56. The molecule has 3 nitrogen and oxygen atoms in total. The average molecular weight is 280 g/mol. The molecule has 0 spiro atoms. The molecule has 1 heterocycles. The van der Waals surface area contributed by atoms with E-state index in [1.54, 1.807) is 24.3 Å². The van der Waals surface area contributed by atoms with Crippen molar-refractivity contribution in [3.05, 3.63) is 58.2 Å². The Morgan fingerprint density at radius 3 is 2.53 bits per heavy atom. The Labute approximate surface area is 113 Å². The second kappa shape index (κ2) is 5.63. The van der Waals surface area contributed by atoms with Gasteiger partial charge in [-0.3, -0.25) is 0 Å². The van der Waals surface area contributed by atoms with E-state index in [2.05, 4.69) is 10.3 Å². The van der Waals surface area contributed by atoms with Crippen molar-refractivity contribution in [2.24, 2.45) is 0 Å². The molecule has 0 unspecified atom stereocenters. The molecule has 6 heteroatoms. The zero-order chi connectivity index (χ0) is 13.8. The number of halogens is 3. The molecule has 0 aliphatic carbocycles. The van der Waals surface area contributed by atoms with E-state index < -0.39 is 11.6 Å². The summed E-state index contributed by atoms with van der Waals surface area (Å²) in [7, 11) is 0. The van der Waals surface area contributed by atoms with Gasteiger partial charge in [0, 0.05) is 12.1 Å². The number of pyridine rings is 1. The molecular formula is C13H8ClF2N3. The first-order chi connectivity index (χ1) is 9.10. The van der Waals surface area contributed by atoms with E-state index in [0.29, 0.717) is 5.82 Å². The van der Waals surface area contributed by atoms with Gasteiger partial charge in [-0.2, -0.15) is 5.26 Å². The van der Waals surface area contributed by atoms with E-state index in [1.807, 2.05) is 0 Å². The Kier molecular flexibility index (Phi) is 3.93. The first-order valence-corrected chi connectivity index (χ1v) is 5.72. The summed E-state index contributed by atoms with van der Waals surface area (Å²) in [5, 5.41) is 11.6. The monoisotopic (exact) mass is 279 g/mol. The summed E-state index contributed by atoms with van der Waals surface area (Å²) < 4.78 is 27.2. The average Bonchev–Trinajstić information content (AvgIpc) is 2.37. The van der Waals surface area contributed by atoms with Crippen LogP contribution in [0.3, 0.4) is 0 Å². The maximum atomic E-state index is 13.6. The minimum atomic E-state index is -0.772. The molecule has 0 fully saturated rings. The first kappa shape index (κ1) is 13.2. The molecule has 1 N–H and O–H groups in total. The van der Waals surface area contributed by atoms with Crippen LogP contribution in [0.25, 0.3) is 0 Å². The molecule has 0 saturated heterocycles. The molecule has 96 valence electrons. The number of hydrogen-bond donors (Lipinski definition) is 1. The predicted molar refractivity (Wildman–Crippen MR) is 67.6 cm³/mol. The number of nitrogens with one attached hydrogen (secondary N) is 1. The van der Waals surface area contributed by atoms with Crippen LogP contribution < -0.4 is 5.32 Å². The van der Waals surface area contributed by atoms with Crippen molar-refractivity contribution in [1.82, 2.24) is 4.98 Å². The largest absolute Gasteiger partial charge is 0.366 e. The number of nitrogens with zero attached hydrogens (tertiary/aromatic N) is 2. The molecule has 0 saturated carbocycles. The fourth-order valence-corrected chi connectivity index (χ4v) is 1.69. The van der Waals surface area contributed by atoms with Crippen molar-refractivity contribution in [1.29, 1.82) is 5.26 Å². The lowest BCUT2D eigenvalue weighted by molar-refractivity contribution is 0.559. The van der Waals surface area contributed by atoms with Gasteiger partial charge in [0.25, 0.3) is 0 Å². The number of hydrogen-bond acceptors (Lipinski definition) is 3. The van der Waals surface area contributed by atoms with Gasteiger partial charge in [0.1, 0.15) is 22.6 Å². The molecule has 0 atom stereocenters. The number of aromatic nitrogens is 1. The highest BCUT2D eigenvalue weighted by Gasteiger charge is 2.11. The van der Waals surface area contributed by atoms with E-state index in [4.69, 9.17) is 16.9 Å². The van der Waals surface area contributed by atoms with Crippen molar-refractivity contribution < 1.29 is 8.78 Å². The van der Waals surface area contributed by atoms with Crippen LogP contribution in [0.15, 0.2) is 30.3 Å². The van der Waals surface area contributed by atoms with Crippen molar-refractivity contribution in [3.63, 3.8) is 0 Å². The minimum Gasteiger partial charge on any atom is -0.366 e. The van der Waals surface area contributed by atoms with Crippen LogP contribution in [0.4, 0.5) is 14.6 Å². The van der Waals surface area contributed by atoms with E-state index in [1.165, 1.54) is 0 Å². The van der Waals surface area contributed by atoms with Crippen molar-refractivity contribution in [2.45, 2.75) is 6.54 Å². The molecule has 2 aromatic rings. The van der Waals surface area contributed by atoms with Crippen LogP contribution in [0, 0.1) is 23.0 Å². The maximum absolute atomic E-state index is 13.6. The summed E-state index contributed by atoms with van der Waals surface area (Å²) in [5.74, 6) is -1.13.